The van der Waals surface area contributed by atoms with Crippen LogP contribution in [0.15, 0.2) is 48.5 Å². The summed E-state index contributed by atoms with van der Waals surface area (Å²) in [4.78, 5) is 11.8. The molecule has 0 saturated heterocycles. The van der Waals surface area contributed by atoms with Gasteiger partial charge in [-0.1, -0.05) is 48.5 Å². The Morgan fingerprint density at radius 3 is 2.20 bits per heavy atom. The van der Waals surface area contributed by atoms with Crippen LogP contribution in [0, 0.1) is 13.8 Å². The fraction of sp³-hybridized carbons (Fsp3) is 0.235. The molecule has 2 aromatic carbocycles. The predicted octanol–water partition coefficient (Wildman–Crippen LogP) is 2.62. The number of nitrogens with two attached hydrogens (primary N) is 1. The molecule has 1 amide bonds. The minimum absolute atomic E-state index is 0.349. The molecule has 0 aromatic heterocycles. The second-order valence-electron chi connectivity index (χ2n) is 5.01. The molecule has 104 valence electrons. The van der Waals surface area contributed by atoms with E-state index in [0.717, 1.165) is 22.3 Å². The van der Waals surface area contributed by atoms with Crippen molar-refractivity contribution in [3.8, 4) is 0 Å². The smallest absolute Gasteiger partial charge is 0.239 e. The van der Waals surface area contributed by atoms with Gasteiger partial charge in [0.25, 0.3) is 0 Å². The van der Waals surface area contributed by atoms with Crippen LogP contribution in [-0.2, 0) is 11.3 Å². The number of hydrogen-bond acceptors (Lipinski definition) is 2. The quantitative estimate of drug-likeness (QED) is 0.875. The molecule has 1 unspecified atom stereocenters. The molecule has 0 aliphatic heterocycles. The highest BCUT2D eigenvalue weighted by Gasteiger charge is 2.20. The molecule has 3 N–H and O–H groups in total. The van der Waals surface area contributed by atoms with E-state index in [1.54, 1.807) is 0 Å². The number of hydrogen-bond donors (Lipinski definition) is 2. The Morgan fingerprint density at radius 1 is 1.05 bits per heavy atom. The van der Waals surface area contributed by atoms with Gasteiger partial charge in [-0.15, -0.1) is 0 Å². The largest absolute Gasteiger partial charge is 0.368 e. The Hall–Kier alpha value is -2.13. The topological polar surface area (TPSA) is 55.1 Å². The number of benzene rings is 2. The van der Waals surface area contributed by atoms with E-state index in [1.807, 2.05) is 62.4 Å². The molecule has 1 atom stereocenters. The summed E-state index contributed by atoms with van der Waals surface area (Å²) in [7, 11) is 0. The van der Waals surface area contributed by atoms with Crippen molar-refractivity contribution in [3.63, 3.8) is 0 Å². The van der Waals surface area contributed by atoms with Crippen LogP contribution in [0.1, 0.15) is 28.3 Å². The lowest BCUT2D eigenvalue weighted by Gasteiger charge is -2.20. The lowest BCUT2D eigenvalue weighted by molar-refractivity contribution is -0.120. The average molecular weight is 268 g/mol. The summed E-state index contributed by atoms with van der Waals surface area (Å²) in [5.74, 6) is -0.349. The van der Waals surface area contributed by atoms with Crippen molar-refractivity contribution >= 4 is 5.91 Å². The molecule has 0 spiro atoms. The lowest BCUT2D eigenvalue weighted by atomic mass is 9.95. The lowest BCUT2D eigenvalue weighted by Crippen LogP contribution is -2.34. The van der Waals surface area contributed by atoms with E-state index < -0.39 is 6.04 Å². The van der Waals surface area contributed by atoms with Gasteiger partial charge < -0.3 is 5.73 Å². The van der Waals surface area contributed by atoms with E-state index >= 15 is 0 Å². The molecule has 20 heavy (non-hydrogen) atoms. The molecule has 0 heterocycles. The molecule has 2 rings (SSSR count). The second-order valence-corrected chi connectivity index (χ2v) is 5.01. The van der Waals surface area contributed by atoms with E-state index in [2.05, 4.69) is 5.32 Å². The number of aryl methyl sites for hydroxylation is 2. The molecule has 0 saturated carbocycles. The fourth-order valence-electron chi connectivity index (χ4n) is 2.44. The number of primary amides is 1. The molecule has 0 aliphatic rings. The van der Waals surface area contributed by atoms with Gasteiger partial charge in [0.2, 0.25) is 5.91 Å². The summed E-state index contributed by atoms with van der Waals surface area (Å²) in [6, 6.07) is 15.5. The highest BCUT2D eigenvalue weighted by atomic mass is 16.1. The third-order valence-corrected chi connectivity index (χ3v) is 3.47. The maximum Gasteiger partial charge on any atom is 0.239 e. The van der Waals surface area contributed by atoms with E-state index in [9.17, 15) is 4.79 Å². The minimum atomic E-state index is -0.462. The summed E-state index contributed by atoms with van der Waals surface area (Å²) in [6.45, 7) is 4.62. The summed E-state index contributed by atoms with van der Waals surface area (Å²) in [5.41, 5.74) is 9.84. The van der Waals surface area contributed by atoms with Gasteiger partial charge in [0.15, 0.2) is 0 Å². The summed E-state index contributed by atoms with van der Waals surface area (Å²) >= 11 is 0. The maximum atomic E-state index is 11.8. The van der Waals surface area contributed by atoms with Crippen LogP contribution in [0.25, 0.3) is 0 Å². The Labute approximate surface area is 119 Å². The Balaban J connectivity index is 2.22. The summed E-state index contributed by atoms with van der Waals surface area (Å²) in [6.07, 6.45) is 0. The Kier molecular flexibility index (Phi) is 4.53. The van der Waals surface area contributed by atoms with Crippen molar-refractivity contribution in [2.24, 2.45) is 5.73 Å². The standard InChI is InChI=1S/C17H20N2O/c1-12-7-6-8-13(2)15(12)16(17(18)20)19-11-14-9-4-3-5-10-14/h3-10,16,19H,11H2,1-2H3,(H2,18,20). The highest BCUT2D eigenvalue weighted by Crippen LogP contribution is 2.22. The molecule has 0 radical (unpaired) electrons. The highest BCUT2D eigenvalue weighted by molar-refractivity contribution is 5.82. The van der Waals surface area contributed by atoms with Crippen LogP contribution in [0.2, 0.25) is 0 Å². The summed E-state index contributed by atoms with van der Waals surface area (Å²) < 4.78 is 0. The fourth-order valence-corrected chi connectivity index (χ4v) is 2.44. The number of nitrogens with one attached hydrogen (secondary N) is 1. The third-order valence-electron chi connectivity index (χ3n) is 3.47. The van der Waals surface area contributed by atoms with Gasteiger partial charge in [-0.2, -0.15) is 0 Å². The van der Waals surface area contributed by atoms with Crippen molar-refractivity contribution < 1.29 is 4.79 Å². The van der Waals surface area contributed by atoms with Crippen LogP contribution in [0.3, 0.4) is 0 Å². The van der Waals surface area contributed by atoms with E-state index in [-0.39, 0.29) is 5.91 Å². The van der Waals surface area contributed by atoms with Gasteiger partial charge in [-0.3, -0.25) is 10.1 Å². The van der Waals surface area contributed by atoms with Gasteiger partial charge in [-0.05, 0) is 36.1 Å². The zero-order valence-electron chi connectivity index (χ0n) is 11.9. The molecule has 0 bridgehead atoms. The van der Waals surface area contributed by atoms with Crippen LogP contribution >= 0.6 is 0 Å². The van der Waals surface area contributed by atoms with E-state index in [1.165, 1.54) is 0 Å². The zero-order valence-corrected chi connectivity index (χ0v) is 11.9. The average Bonchev–Trinajstić information content (AvgIpc) is 2.42. The molecule has 2 aromatic rings. The van der Waals surface area contributed by atoms with Gasteiger partial charge in [0.05, 0.1) is 0 Å². The van der Waals surface area contributed by atoms with Crippen molar-refractivity contribution in [1.29, 1.82) is 0 Å². The van der Waals surface area contributed by atoms with Crippen molar-refractivity contribution in [2.75, 3.05) is 0 Å². The first kappa shape index (κ1) is 14.3. The van der Waals surface area contributed by atoms with Crippen LogP contribution in [0.5, 0.6) is 0 Å². The van der Waals surface area contributed by atoms with Crippen LogP contribution in [-0.4, -0.2) is 5.91 Å². The SMILES string of the molecule is Cc1cccc(C)c1C(NCc1ccccc1)C(N)=O. The monoisotopic (exact) mass is 268 g/mol. The molecule has 3 nitrogen and oxygen atoms in total. The van der Waals surface area contributed by atoms with Crippen LogP contribution in [0.4, 0.5) is 0 Å². The zero-order chi connectivity index (χ0) is 14.5. The first-order valence-electron chi connectivity index (χ1n) is 6.72. The molecular formula is C17H20N2O. The van der Waals surface area contributed by atoms with Gasteiger partial charge in [0.1, 0.15) is 6.04 Å². The number of carbonyl (C=O) groups is 1. The molecule has 3 heteroatoms. The van der Waals surface area contributed by atoms with Crippen molar-refractivity contribution in [3.05, 3.63) is 70.8 Å². The minimum Gasteiger partial charge on any atom is -0.368 e. The third kappa shape index (κ3) is 3.25. The molecule has 0 aliphatic carbocycles. The second kappa shape index (κ2) is 6.35. The van der Waals surface area contributed by atoms with E-state index in [4.69, 9.17) is 5.73 Å². The number of rotatable bonds is 5. The normalized spacial score (nSPS) is 12.1. The first-order chi connectivity index (χ1) is 9.59. The Morgan fingerprint density at radius 2 is 1.65 bits per heavy atom. The molecule has 0 fully saturated rings. The van der Waals surface area contributed by atoms with Gasteiger partial charge in [-0.25, -0.2) is 0 Å². The predicted molar refractivity (Wildman–Crippen MR) is 81.1 cm³/mol. The van der Waals surface area contributed by atoms with Crippen molar-refractivity contribution in [2.45, 2.75) is 26.4 Å². The Bertz CT molecular complexity index is 573. The number of amides is 1. The van der Waals surface area contributed by atoms with E-state index in [0.29, 0.717) is 6.54 Å². The van der Waals surface area contributed by atoms with Crippen molar-refractivity contribution in [1.82, 2.24) is 5.32 Å². The maximum absolute atomic E-state index is 11.8. The molecular weight excluding hydrogens is 248 g/mol. The summed E-state index contributed by atoms with van der Waals surface area (Å²) in [5, 5.41) is 3.26. The first-order valence-corrected chi connectivity index (χ1v) is 6.72. The van der Waals surface area contributed by atoms with Gasteiger partial charge >= 0.3 is 0 Å². The van der Waals surface area contributed by atoms with Crippen LogP contribution < -0.4 is 11.1 Å². The number of carbonyl (C=O) groups excluding carboxylic acids is 1. The van der Waals surface area contributed by atoms with Gasteiger partial charge in [0, 0.05) is 6.54 Å².